The Morgan fingerprint density at radius 1 is 1.35 bits per heavy atom. The standard InChI is InChI=1S/C17H14FN3O2/c1-21-11-14(17(22)13-3-5-15(18)6-4-13)8-16(21)7-12(9-19)10-20-23-2/h3-8,10-11H,1-2H3/b12-7-,20-10+. The molecule has 23 heavy (non-hydrogen) atoms. The topological polar surface area (TPSA) is 67.4 Å². The maximum Gasteiger partial charge on any atom is 0.194 e. The van der Waals surface area contributed by atoms with Crippen LogP contribution in [0.5, 0.6) is 0 Å². The highest BCUT2D eigenvalue weighted by molar-refractivity contribution is 6.09. The molecule has 0 N–H and O–H groups in total. The predicted molar refractivity (Wildman–Crippen MR) is 84.3 cm³/mol. The molecule has 0 fully saturated rings. The molecule has 0 unspecified atom stereocenters. The van der Waals surface area contributed by atoms with Crippen molar-refractivity contribution >= 4 is 18.1 Å². The van der Waals surface area contributed by atoms with Gasteiger partial charge in [-0.25, -0.2) is 4.39 Å². The quantitative estimate of drug-likeness (QED) is 0.369. The number of aryl methyl sites for hydroxylation is 1. The summed E-state index contributed by atoms with van der Waals surface area (Å²) in [6.07, 6.45) is 4.53. The summed E-state index contributed by atoms with van der Waals surface area (Å²) in [5, 5.41) is 12.6. The van der Waals surface area contributed by atoms with Gasteiger partial charge >= 0.3 is 0 Å². The zero-order chi connectivity index (χ0) is 16.8. The number of carbonyl (C=O) groups is 1. The van der Waals surface area contributed by atoms with Gasteiger partial charge in [-0.2, -0.15) is 5.26 Å². The lowest BCUT2D eigenvalue weighted by Gasteiger charge is -1.97. The summed E-state index contributed by atoms with van der Waals surface area (Å²) in [4.78, 5) is 16.9. The van der Waals surface area contributed by atoms with Crippen molar-refractivity contribution in [2.24, 2.45) is 12.2 Å². The summed E-state index contributed by atoms with van der Waals surface area (Å²) in [5.41, 5.74) is 1.80. The van der Waals surface area contributed by atoms with E-state index in [-0.39, 0.29) is 11.4 Å². The van der Waals surface area contributed by atoms with Gasteiger partial charge in [-0.1, -0.05) is 5.16 Å². The Balaban J connectivity index is 2.32. The molecule has 0 atom stereocenters. The van der Waals surface area contributed by atoms with Gasteiger partial charge in [0.25, 0.3) is 0 Å². The van der Waals surface area contributed by atoms with Crippen molar-refractivity contribution in [3.63, 3.8) is 0 Å². The molecule has 1 heterocycles. The van der Waals surface area contributed by atoms with Gasteiger partial charge in [0.2, 0.25) is 0 Å². The molecule has 5 nitrogen and oxygen atoms in total. The van der Waals surface area contributed by atoms with E-state index in [0.29, 0.717) is 16.8 Å². The average Bonchev–Trinajstić information content (AvgIpc) is 2.92. The molecule has 6 heteroatoms. The molecule has 2 rings (SSSR count). The van der Waals surface area contributed by atoms with E-state index in [9.17, 15) is 9.18 Å². The third kappa shape index (κ3) is 3.92. The molecule has 0 bridgehead atoms. The van der Waals surface area contributed by atoms with Crippen LogP contribution in [0.3, 0.4) is 0 Å². The number of rotatable bonds is 5. The van der Waals surface area contributed by atoms with Crippen LogP contribution in [-0.4, -0.2) is 23.7 Å². The number of allylic oxidation sites excluding steroid dienone is 1. The van der Waals surface area contributed by atoms with E-state index < -0.39 is 5.82 Å². The van der Waals surface area contributed by atoms with E-state index >= 15 is 0 Å². The predicted octanol–water partition coefficient (Wildman–Crippen LogP) is 2.93. The van der Waals surface area contributed by atoms with Crippen molar-refractivity contribution in [3.05, 3.63) is 64.7 Å². The zero-order valence-electron chi connectivity index (χ0n) is 12.7. The number of aromatic nitrogens is 1. The fourth-order valence-corrected chi connectivity index (χ4v) is 1.98. The highest BCUT2D eigenvalue weighted by atomic mass is 19.1. The number of nitrogens with zero attached hydrogens (tertiary/aromatic N) is 3. The van der Waals surface area contributed by atoms with Crippen molar-refractivity contribution in [1.82, 2.24) is 4.57 Å². The summed E-state index contributed by atoms with van der Waals surface area (Å²) < 4.78 is 14.6. The number of nitriles is 1. The van der Waals surface area contributed by atoms with Gasteiger partial charge in [-0.3, -0.25) is 4.79 Å². The summed E-state index contributed by atoms with van der Waals surface area (Å²) in [6, 6.07) is 8.99. The van der Waals surface area contributed by atoms with Gasteiger partial charge in [0.05, 0.1) is 11.8 Å². The highest BCUT2D eigenvalue weighted by Crippen LogP contribution is 2.16. The van der Waals surface area contributed by atoms with E-state index in [2.05, 4.69) is 9.99 Å². The third-order valence-corrected chi connectivity index (χ3v) is 3.14. The van der Waals surface area contributed by atoms with E-state index in [1.165, 1.54) is 37.6 Å². The first-order valence-electron chi connectivity index (χ1n) is 6.70. The van der Waals surface area contributed by atoms with Crippen LogP contribution in [0, 0.1) is 17.1 Å². The fraction of sp³-hybridized carbons (Fsp3) is 0.118. The Morgan fingerprint density at radius 2 is 2.04 bits per heavy atom. The largest absolute Gasteiger partial charge is 0.399 e. The lowest BCUT2D eigenvalue weighted by molar-refractivity contribution is 0.103. The minimum atomic E-state index is -0.394. The number of halogens is 1. The summed E-state index contributed by atoms with van der Waals surface area (Å²) in [5.74, 6) is -0.612. The second-order valence-corrected chi connectivity index (χ2v) is 4.73. The van der Waals surface area contributed by atoms with Gasteiger partial charge < -0.3 is 9.40 Å². The van der Waals surface area contributed by atoms with Crippen molar-refractivity contribution in [2.45, 2.75) is 0 Å². The lowest BCUT2D eigenvalue weighted by atomic mass is 10.1. The lowest BCUT2D eigenvalue weighted by Crippen LogP contribution is -1.99. The zero-order valence-corrected chi connectivity index (χ0v) is 12.7. The van der Waals surface area contributed by atoms with E-state index in [0.717, 1.165) is 0 Å². The second kappa shape index (κ2) is 7.18. The minimum Gasteiger partial charge on any atom is -0.399 e. The number of ketones is 1. The smallest absolute Gasteiger partial charge is 0.194 e. The Bertz CT molecular complexity index is 811. The number of oxime groups is 1. The average molecular weight is 311 g/mol. The summed E-state index contributed by atoms with van der Waals surface area (Å²) in [6.45, 7) is 0. The molecule has 0 saturated carbocycles. The van der Waals surface area contributed by atoms with Crippen LogP contribution in [0.2, 0.25) is 0 Å². The van der Waals surface area contributed by atoms with Gasteiger partial charge in [-0.15, -0.1) is 0 Å². The molecular formula is C17H14FN3O2. The monoisotopic (exact) mass is 311 g/mol. The van der Waals surface area contributed by atoms with E-state index in [1.54, 1.807) is 30.0 Å². The number of benzene rings is 1. The van der Waals surface area contributed by atoms with E-state index in [4.69, 9.17) is 5.26 Å². The van der Waals surface area contributed by atoms with Gasteiger partial charge in [0, 0.05) is 30.1 Å². The molecule has 0 spiro atoms. The van der Waals surface area contributed by atoms with Crippen molar-refractivity contribution in [1.29, 1.82) is 5.26 Å². The van der Waals surface area contributed by atoms with Crippen LogP contribution in [-0.2, 0) is 11.9 Å². The molecule has 0 aliphatic heterocycles. The van der Waals surface area contributed by atoms with Crippen LogP contribution in [0.1, 0.15) is 21.6 Å². The molecule has 1 aromatic heterocycles. The van der Waals surface area contributed by atoms with Crippen LogP contribution < -0.4 is 0 Å². The number of hydrogen-bond donors (Lipinski definition) is 0. The summed E-state index contributed by atoms with van der Waals surface area (Å²) in [7, 11) is 3.14. The number of carbonyl (C=O) groups excluding carboxylic acids is 1. The molecule has 0 saturated heterocycles. The normalized spacial score (nSPS) is 11.5. The maximum absolute atomic E-state index is 12.9. The van der Waals surface area contributed by atoms with Crippen LogP contribution in [0.15, 0.2) is 47.3 Å². The Labute approximate surface area is 132 Å². The molecule has 116 valence electrons. The molecule has 2 aromatic rings. The molecule has 1 aromatic carbocycles. The number of hydrogen-bond acceptors (Lipinski definition) is 4. The van der Waals surface area contributed by atoms with Gasteiger partial charge in [0.1, 0.15) is 19.0 Å². The first-order valence-corrected chi connectivity index (χ1v) is 6.70. The molecule has 0 aliphatic rings. The molecule has 0 amide bonds. The minimum absolute atomic E-state index is 0.218. The SMILES string of the molecule is CO/N=C/C(C#N)=C\c1cc(C(=O)c2ccc(F)cc2)cn1C. The Kier molecular flexibility index (Phi) is 5.05. The Morgan fingerprint density at radius 3 is 2.65 bits per heavy atom. The first-order chi connectivity index (χ1) is 11.0. The van der Waals surface area contributed by atoms with Gasteiger partial charge in [-0.05, 0) is 36.4 Å². The van der Waals surface area contributed by atoms with E-state index in [1.807, 2.05) is 6.07 Å². The fourth-order valence-electron chi connectivity index (χ4n) is 1.98. The second-order valence-electron chi connectivity index (χ2n) is 4.73. The van der Waals surface area contributed by atoms with Gasteiger partial charge in [0.15, 0.2) is 5.78 Å². The van der Waals surface area contributed by atoms with Crippen molar-refractivity contribution in [3.8, 4) is 6.07 Å². The van der Waals surface area contributed by atoms with Crippen molar-refractivity contribution < 1.29 is 14.0 Å². The van der Waals surface area contributed by atoms with Crippen LogP contribution >= 0.6 is 0 Å². The highest BCUT2D eigenvalue weighted by Gasteiger charge is 2.12. The third-order valence-electron chi connectivity index (χ3n) is 3.14. The molecule has 0 aliphatic carbocycles. The maximum atomic E-state index is 12.9. The Hall–Kier alpha value is -3.20. The first kappa shape index (κ1) is 16.2. The molecule has 0 radical (unpaired) electrons. The van der Waals surface area contributed by atoms with Crippen LogP contribution in [0.4, 0.5) is 4.39 Å². The molecular weight excluding hydrogens is 297 g/mol. The summed E-state index contributed by atoms with van der Waals surface area (Å²) >= 11 is 0. The van der Waals surface area contributed by atoms with Crippen molar-refractivity contribution in [2.75, 3.05) is 7.11 Å². The van der Waals surface area contributed by atoms with Crippen LogP contribution in [0.25, 0.3) is 6.08 Å².